The Hall–Kier alpha value is -4.53. The van der Waals surface area contributed by atoms with Crippen LogP contribution in [0.5, 0.6) is 0 Å². The number of nitriles is 2. The van der Waals surface area contributed by atoms with Crippen LogP contribution in [-0.4, -0.2) is 6.18 Å². The number of alkyl halides is 5. The van der Waals surface area contributed by atoms with E-state index in [1.165, 1.54) is 12.1 Å². The molecule has 8 heteroatoms. The lowest BCUT2D eigenvalue weighted by atomic mass is 9.84. The molecule has 0 fully saturated rings. The quantitative estimate of drug-likeness (QED) is 0.187. The Morgan fingerprint density at radius 1 is 0.643 bits per heavy atom. The molecule has 0 aliphatic heterocycles. The molecule has 0 radical (unpaired) electrons. The van der Waals surface area contributed by atoms with E-state index in [4.69, 9.17) is 15.3 Å². The second kappa shape index (κ2) is 12.1. The zero-order valence-corrected chi connectivity index (χ0v) is 22.9. The van der Waals surface area contributed by atoms with E-state index < -0.39 is 34.6 Å². The molecule has 3 nitrogen and oxygen atoms in total. The van der Waals surface area contributed by atoms with Crippen molar-refractivity contribution < 1.29 is 26.7 Å². The first-order chi connectivity index (χ1) is 19.9. The number of hydrogen-bond donors (Lipinski definition) is 0. The van der Waals surface area contributed by atoms with Crippen molar-refractivity contribution in [2.45, 2.75) is 44.6 Å². The van der Waals surface area contributed by atoms with E-state index in [0.29, 0.717) is 11.5 Å². The van der Waals surface area contributed by atoms with Crippen LogP contribution in [0.3, 0.4) is 0 Å². The van der Waals surface area contributed by atoms with Gasteiger partial charge in [-0.1, -0.05) is 80.9 Å². The van der Waals surface area contributed by atoms with Crippen LogP contribution < -0.4 is 0 Å². The number of benzene rings is 4. The molecule has 0 aliphatic rings. The molecule has 4 aromatic carbocycles. The van der Waals surface area contributed by atoms with Gasteiger partial charge in [0.05, 0.1) is 28.8 Å². The molecule has 0 saturated heterocycles. The van der Waals surface area contributed by atoms with Crippen LogP contribution in [0.4, 0.5) is 22.0 Å². The average molecular weight is 575 g/mol. The van der Waals surface area contributed by atoms with Crippen LogP contribution in [-0.2, 0) is 22.9 Å². The summed E-state index contributed by atoms with van der Waals surface area (Å²) in [7, 11) is 0. The summed E-state index contributed by atoms with van der Waals surface area (Å²) in [5.74, 6) is 0.523. The second-order valence-electron chi connectivity index (χ2n) is 10.2. The fourth-order valence-corrected chi connectivity index (χ4v) is 4.72. The van der Waals surface area contributed by atoms with E-state index in [-0.39, 0.29) is 11.1 Å². The Labute approximate surface area is 241 Å². The summed E-state index contributed by atoms with van der Waals surface area (Å²) in [6, 6.07) is 24.4. The maximum atomic E-state index is 15.8. The third kappa shape index (κ3) is 6.20. The lowest BCUT2D eigenvalue weighted by Crippen LogP contribution is -2.49. The lowest BCUT2D eigenvalue weighted by molar-refractivity contribution is -0.370. The van der Waals surface area contributed by atoms with Gasteiger partial charge in [-0.2, -0.15) is 32.5 Å². The minimum Gasteiger partial charge on any atom is -0.290 e. The lowest BCUT2D eigenvalue weighted by Gasteiger charge is -2.39. The highest BCUT2D eigenvalue weighted by molar-refractivity contribution is 5.64. The first-order valence-corrected chi connectivity index (χ1v) is 13.3. The van der Waals surface area contributed by atoms with Crippen molar-refractivity contribution in [2.24, 2.45) is 5.92 Å². The molecule has 4 aromatic rings. The zero-order chi connectivity index (χ0) is 30.5. The fraction of sp³-hybridized carbons (Fsp3) is 0.235. The molecule has 0 amide bonds. The third-order valence-corrected chi connectivity index (χ3v) is 7.31. The van der Waals surface area contributed by atoms with E-state index >= 15 is 8.78 Å². The van der Waals surface area contributed by atoms with Crippen LogP contribution in [0.25, 0.3) is 11.1 Å². The number of hydrogen-bond acceptors (Lipinski definition) is 3. The summed E-state index contributed by atoms with van der Waals surface area (Å²) in [6.07, 6.45) is -7.80. The van der Waals surface area contributed by atoms with Gasteiger partial charge < -0.3 is 0 Å². The molecule has 0 N–H and O–H groups in total. The van der Waals surface area contributed by atoms with Gasteiger partial charge in [0.1, 0.15) is 0 Å². The van der Waals surface area contributed by atoms with Crippen LogP contribution >= 0.6 is 0 Å². The van der Waals surface area contributed by atoms with Crippen molar-refractivity contribution in [2.75, 3.05) is 0 Å². The highest BCUT2D eigenvalue weighted by Crippen LogP contribution is 2.52. The van der Waals surface area contributed by atoms with Gasteiger partial charge in [0, 0.05) is 0 Å². The molecule has 0 unspecified atom stereocenters. The largest absolute Gasteiger partial charge is 0.426 e. The van der Waals surface area contributed by atoms with E-state index in [1.54, 1.807) is 12.1 Å². The van der Waals surface area contributed by atoms with Gasteiger partial charge in [-0.3, -0.25) is 4.74 Å². The van der Waals surface area contributed by atoms with Gasteiger partial charge in [-0.25, -0.2) is 0 Å². The first kappa shape index (κ1) is 30.4. The molecule has 4 rings (SSSR count). The standard InChI is InChI=1S/C34H27F5N2O/c1-3-23(2)20-24-4-10-27(11-5-24)28-12-18-31(19-13-28)33(35,36)42-32(34(37,38)39,29-14-6-25(21-40)7-15-29)30-16-8-26(22-41)9-17-30/h4-19,23H,3,20H2,1-2H3/t23-/m1/s1. The molecule has 42 heavy (non-hydrogen) atoms. The van der Waals surface area contributed by atoms with Gasteiger partial charge >= 0.3 is 12.3 Å². The molecule has 1 atom stereocenters. The molecule has 0 bridgehead atoms. The summed E-state index contributed by atoms with van der Waals surface area (Å²) in [5, 5.41) is 18.2. The van der Waals surface area contributed by atoms with Gasteiger partial charge in [-0.15, -0.1) is 0 Å². The van der Waals surface area contributed by atoms with Gasteiger partial charge in [0.2, 0.25) is 5.60 Å². The molecule has 0 aromatic heterocycles. The smallest absolute Gasteiger partial charge is 0.290 e. The van der Waals surface area contributed by atoms with Crippen LogP contribution in [0.15, 0.2) is 97.1 Å². The van der Waals surface area contributed by atoms with E-state index in [9.17, 15) is 13.2 Å². The van der Waals surface area contributed by atoms with Gasteiger partial charge in [-0.05, 0) is 76.6 Å². The predicted octanol–water partition coefficient (Wildman–Crippen LogP) is 9.26. The Kier molecular flexibility index (Phi) is 8.80. The van der Waals surface area contributed by atoms with Crippen molar-refractivity contribution in [1.29, 1.82) is 10.5 Å². The summed E-state index contributed by atoms with van der Waals surface area (Å²) in [6.45, 7) is 4.28. The number of nitrogens with zero attached hydrogens (tertiary/aromatic N) is 2. The summed E-state index contributed by atoms with van der Waals surface area (Å²) >= 11 is 0. The first-order valence-electron chi connectivity index (χ1n) is 13.3. The van der Waals surface area contributed by atoms with Crippen LogP contribution in [0.2, 0.25) is 0 Å². The van der Waals surface area contributed by atoms with E-state index in [1.807, 2.05) is 24.3 Å². The molecular weight excluding hydrogens is 547 g/mol. The summed E-state index contributed by atoms with van der Waals surface area (Å²) < 4.78 is 81.4. The molecule has 0 heterocycles. The van der Waals surface area contributed by atoms with Crippen molar-refractivity contribution in [3.63, 3.8) is 0 Å². The molecule has 0 saturated carbocycles. The fourth-order valence-electron chi connectivity index (χ4n) is 4.72. The van der Waals surface area contributed by atoms with Crippen LogP contribution in [0.1, 0.15) is 53.6 Å². The van der Waals surface area contributed by atoms with Gasteiger partial charge in [0.15, 0.2) is 0 Å². The third-order valence-electron chi connectivity index (χ3n) is 7.31. The topological polar surface area (TPSA) is 56.8 Å². The van der Waals surface area contributed by atoms with Crippen LogP contribution in [0, 0.1) is 28.6 Å². The molecule has 0 aliphatic carbocycles. The predicted molar refractivity (Wildman–Crippen MR) is 149 cm³/mol. The number of halogens is 5. The monoisotopic (exact) mass is 574 g/mol. The Morgan fingerprint density at radius 2 is 1.05 bits per heavy atom. The van der Waals surface area contributed by atoms with Crippen molar-refractivity contribution in [3.8, 4) is 23.3 Å². The van der Waals surface area contributed by atoms with Crippen molar-refractivity contribution >= 4 is 0 Å². The SMILES string of the molecule is CC[C@@H](C)Cc1ccc(-c2ccc(C(F)(F)OC(c3ccc(C#N)cc3)(c3ccc(C#N)cc3)C(F)(F)F)cc2)cc1. The Morgan fingerprint density at radius 3 is 1.43 bits per heavy atom. The van der Waals surface area contributed by atoms with Crippen molar-refractivity contribution in [3.05, 3.63) is 130 Å². The zero-order valence-electron chi connectivity index (χ0n) is 22.9. The minimum atomic E-state index is -5.37. The van der Waals surface area contributed by atoms with E-state index in [0.717, 1.165) is 84.6 Å². The van der Waals surface area contributed by atoms with Crippen molar-refractivity contribution in [1.82, 2.24) is 0 Å². The highest BCUT2D eigenvalue weighted by Gasteiger charge is 2.63. The molecule has 0 spiro atoms. The van der Waals surface area contributed by atoms with E-state index in [2.05, 4.69) is 13.8 Å². The molecular formula is C34H27F5N2O. The number of rotatable bonds is 9. The molecule has 214 valence electrons. The highest BCUT2D eigenvalue weighted by atomic mass is 19.4. The van der Waals surface area contributed by atoms with Gasteiger partial charge in [0.25, 0.3) is 0 Å². The Bertz CT molecular complexity index is 1520. The average Bonchev–Trinajstić information content (AvgIpc) is 3.00. The second-order valence-corrected chi connectivity index (χ2v) is 10.2. The number of ether oxygens (including phenoxy) is 1. The summed E-state index contributed by atoms with van der Waals surface area (Å²) in [5.41, 5.74) is -3.05. The Balaban J connectivity index is 1.74. The summed E-state index contributed by atoms with van der Waals surface area (Å²) in [4.78, 5) is 0. The maximum Gasteiger partial charge on any atom is 0.426 e. The maximum absolute atomic E-state index is 15.8. The minimum absolute atomic E-state index is 0.0462. The normalized spacial score (nSPS) is 12.8.